The second-order valence-electron chi connectivity index (χ2n) is 14.6. The first-order valence-corrected chi connectivity index (χ1v) is 19.6. The Labute approximate surface area is 316 Å². The van der Waals surface area contributed by atoms with Crippen LogP contribution in [0.15, 0.2) is 36.5 Å². The Hall–Kier alpha value is -3.44. The van der Waals surface area contributed by atoms with Gasteiger partial charge in [0.2, 0.25) is 12.3 Å². The zero-order valence-corrected chi connectivity index (χ0v) is 33.4. The van der Waals surface area contributed by atoms with Crippen LogP contribution in [0.3, 0.4) is 0 Å². The lowest BCUT2D eigenvalue weighted by atomic mass is 9.84. The van der Waals surface area contributed by atoms with Crippen LogP contribution in [0.2, 0.25) is 0 Å². The summed E-state index contributed by atoms with van der Waals surface area (Å²) < 4.78 is 43.5. The molecule has 1 aliphatic heterocycles. The van der Waals surface area contributed by atoms with Crippen molar-refractivity contribution in [2.24, 2.45) is 11.3 Å². The lowest BCUT2D eigenvalue weighted by Gasteiger charge is -2.34. The van der Waals surface area contributed by atoms with Crippen molar-refractivity contribution < 1.29 is 32.6 Å². The maximum atomic E-state index is 13.4. The lowest BCUT2D eigenvalue weighted by Crippen LogP contribution is -2.56. The number of nitrogens with zero attached hydrogens (tertiary/aromatic N) is 3. The summed E-state index contributed by atoms with van der Waals surface area (Å²) in [5, 5.41) is 6.96. The maximum absolute atomic E-state index is 13.4. The number of aromatic nitrogens is 2. The first kappa shape index (κ1) is 42.3. The van der Waals surface area contributed by atoms with Crippen molar-refractivity contribution in [3.05, 3.63) is 47.8 Å². The van der Waals surface area contributed by atoms with Crippen LogP contribution in [0, 0.1) is 11.3 Å². The number of carbonyl (C=O) groups is 2. The normalized spacial score (nSPS) is 17.4. The summed E-state index contributed by atoms with van der Waals surface area (Å²) in [5.74, 6) is -0.735. The number of anilines is 1. The minimum absolute atomic E-state index is 0.00246. The number of amides is 1. The van der Waals surface area contributed by atoms with Crippen LogP contribution in [-0.2, 0) is 47.8 Å². The molecule has 15 heteroatoms. The molecule has 14 nitrogen and oxygen atoms in total. The monoisotopic (exact) mass is 756 g/mol. The van der Waals surface area contributed by atoms with E-state index in [1.807, 2.05) is 45.0 Å². The molecule has 53 heavy (non-hydrogen) atoms. The number of carbonyl (C=O) groups excluding carboxylic acids is 2. The van der Waals surface area contributed by atoms with Crippen LogP contribution in [-0.4, -0.2) is 95.3 Å². The van der Waals surface area contributed by atoms with E-state index in [9.17, 15) is 18.4 Å². The molecule has 4 N–H and O–H groups in total. The van der Waals surface area contributed by atoms with Crippen molar-refractivity contribution in [1.29, 1.82) is 0 Å². The van der Waals surface area contributed by atoms with Crippen LogP contribution >= 0.6 is 0 Å². The predicted octanol–water partition coefficient (Wildman–Crippen LogP) is 3.77. The van der Waals surface area contributed by atoms with Crippen molar-refractivity contribution in [2.45, 2.75) is 91.9 Å². The molecule has 1 saturated heterocycles. The van der Waals surface area contributed by atoms with Gasteiger partial charge in [-0.25, -0.2) is 5.43 Å². The van der Waals surface area contributed by atoms with Gasteiger partial charge in [0.25, 0.3) is 0 Å². The summed E-state index contributed by atoms with van der Waals surface area (Å²) in [6.07, 6.45) is 2.64. The Morgan fingerprint density at radius 1 is 1.19 bits per heavy atom. The van der Waals surface area contributed by atoms with Crippen molar-refractivity contribution in [3.63, 3.8) is 0 Å². The number of aryl methyl sites for hydroxylation is 1. The van der Waals surface area contributed by atoms with E-state index in [2.05, 4.69) is 52.9 Å². The van der Waals surface area contributed by atoms with Crippen molar-refractivity contribution in [2.75, 3.05) is 51.6 Å². The van der Waals surface area contributed by atoms with E-state index in [-0.39, 0.29) is 42.8 Å². The Kier molecular flexibility index (Phi) is 15.4. The molecule has 0 aliphatic carbocycles. The van der Waals surface area contributed by atoms with Crippen LogP contribution in [0.25, 0.3) is 22.2 Å². The number of rotatable bonds is 19. The predicted molar refractivity (Wildman–Crippen MR) is 207 cm³/mol. The van der Waals surface area contributed by atoms with Crippen molar-refractivity contribution in [3.8, 4) is 11.3 Å². The summed E-state index contributed by atoms with van der Waals surface area (Å²) in [6, 6.07) is 9.05. The van der Waals surface area contributed by atoms with Gasteiger partial charge >= 0.3 is 5.97 Å². The molecule has 0 spiro atoms. The Morgan fingerprint density at radius 2 is 1.94 bits per heavy atom. The van der Waals surface area contributed by atoms with Gasteiger partial charge in [-0.15, -0.1) is 0 Å². The van der Waals surface area contributed by atoms with E-state index in [4.69, 9.17) is 19.2 Å². The molecule has 1 amide bonds. The topological polar surface area (TPSA) is 171 Å². The second kappa shape index (κ2) is 19.2. The quantitative estimate of drug-likeness (QED) is 0.0795. The average Bonchev–Trinajstić information content (AvgIpc) is 3.44. The van der Waals surface area contributed by atoms with E-state index in [1.165, 1.54) is 7.11 Å². The van der Waals surface area contributed by atoms with Crippen LogP contribution in [0.1, 0.15) is 71.7 Å². The molecule has 1 aromatic carbocycles. The van der Waals surface area contributed by atoms with Gasteiger partial charge < -0.3 is 38.9 Å². The molecule has 3 heterocycles. The second-order valence-corrected chi connectivity index (χ2v) is 15.6. The van der Waals surface area contributed by atoms with Gasteiger partial charge in [0, 0.05) is 73.4 Å². The molecule has 4 rings (SSSR count). The highest BCUT2D eigenvalue weighted by Crippen LogP contribution is 2.41. The zero-order chi connectivity index (χ0) is 38.9. The number of pyridine rings is 1. The van der Waals surface area contributed by atoms with Crippen LogP contribution in [0.4, 0.5) is 5.69 Å². The summed E-state index contributed by atoms with van der Waals surface area (Å²) in [4.78, 5) is 32.9. The molecular formula is C38H58N7O7S-. The largest absolute Gasteiger partial charge is 0.772 e. The minimum atomic E-state index is -2.34. The van der Waals surface area contributed by atoms with Gasteiger partial charge in [-0.2, -0.15) is 0 Å². The fourth-order valence-corrected chi connectivity index (χ4v) is 7.34. The number of hydrazine groups is 1. The van der Waals surface area contributed by atoms with E-state index < -0.39 is 34.9 Å². The highest BCUT2D eigenvalue weighted by Gasteiger charge is 2.32. The fourth-order valence-electron chi connectivity index (χ4n) is 6.99. The van der Waals surface area contributed by atoms with E-state index in [1.54, 1.807) is 25.3 Å². The molecule has 2 aromatic heterocycles. The minimum Gasteiger partial charge on any atom is -0.772 e. The molecule has 1 fully saturated rings. The first-order chi connectivity index (χ1) is 25.3. The number of nitrogens with one attached hydrogen (secondary N) is 4. The van der Waals surface area contributed by atoms with E-state index in [0.29, 0.717) is 25.1 Å². The average molecular weight is 757 g/mol. The molecule has 294 valence electrons. The van der Waals surface area contributed by atoms with Gasteiger partial charge in [0.15, 0.2) is 0 Å². The fraction of sp³-hybridized carbons (Fsp3) is 0.605. The number of hydrogen-bond acceptors (Lipinski definition) is 12. The van der Waals surface area contributed by atoms with Crippen LogP contribution < -0.4 is 26.4 Å². The number of ether oxygens (including phenoxy) is 3. The first-order valence-electron chi connectivity index (χ1n) is 18.4. The molecule has 2 unspecified atom stereocenters. The number of fused-ring (bicyclic) bond motifs is 1. The van der Waals surface area contributed by atoms with Crippen LogP contribution in [0.5, 0.6) is 0 Å². The van der Waals surface area contributed by atoms with Crippen molar-refractivity contribution in [1.82, 2.24) is 31.0 Å². The molecule has 0 bridgehead atoms. The number of methoxy groups -OCH3 is 2. The van der Waals surface area contributed by atoms with E-state index >= 15 is 0 Å². The molecule has 0 saturated carbocycles. The number of esters is 1. The summed E-state index contributed by atoms with van der Waals surface area (Å²) in [5.41, 5.74) is 10.9. The molecule has 1 aliphatic rings. The SMILES string of the molecule is CCn1c(-c2cccnc2[C@H](C)OC)c(CC(C)(C)COC(=O)[C@@H]2CCCNN2)c2cc(N(CCS(=O)[O-])C(NC(=O)[C@@H](NC)C(C)C)OC)ccc21. The van der Waals surface area contributed by atoms with Gasteiger partial charge in [-0.1, -0.05) is 38.8 Å². The number of likely N-dealkylation sites (N-methyl/N-ethyl adjacent to an activating group) is 1. The molecule has 0 radical (unpaired) electrons. The smallest absolute Gasteiger partial charge is 0.324 e. The third-order valence-corrected chi connectivity index (χ3v) is 10.3. The Morgan fingerprint density at radius 3 is 2.55 bits per heavy atom. The lowest BCUT2D eigenvalue weighted by molar-refractivity contribution is -0.150. The van der Waals surface area contributed by atoms with Gasteiger partial charge in [0.1, 0.15) is 6.04 Å². The number of hydrogen-bond donors (Lipinski definition) is 4. The Bertz CT molecular complexity index is 1710. The highest BCUT2D eigenvalue weighted by molar-refractivity contribution is 7.79. The zero-order valence-electron chi connectivity index (χ0n) is 32.6. The summed E-state index contributed by atoms with van der Waals surface area (Å²) >= 11 is -2.34. The summed E-state index contributed by atoms with van der Waals surface area (Å²) in [7, 11) is 4.87. The third-order valence-electron chi connectivity index (χ3n) is 9.78. The highest BCUT2D eigenvalue weighted by atomic mass is 32.2. The third kappa shape index (κ3) is 10.4. The molecule has 3 aromatic rings. The molecular weight excluding hydrogens is 699 g/mol. The van der Waals surface area contributed by atoms with Gasteiger partial charge in [-0.05, 0) is 82.0 Å². The number of benzene rings is 1. The molecule has 5 atom stereocenters. The summed E-state index contributed by atoms with van der Waals surface area (Å²) in [6.45, 7) is 13.8. The Balaban J connectivity index is 1.88. The van der Waals surface area contributed by atoms with Crippen molar-refractivity contribution >= 4 is 39.5 Å². The van der Waals surface area contributed by atoms with E-state index in [0.717, 1.165) is 46.4 Å². The van der Waals surface area contributed by atoms with Gasteiger partial charge in [-0.3, -0.25) is 24.2 Å². The standard InChI is InChI=1S/C38H59N7O7S/c1-10-44-31-16-15-26(45(19-20-53(48)49)37(51-9)42-35(46)32(39-7)24(2)3)21-28(31)29(34(44)27-13-11-17-40-33(27)25(4)50-8)22-38(5,6)23-52-36(47)30-14-12-18-41-43-30/h11,13,15-17,21,24-25,30,32,37,39,41,43H,10,12,14,18-20,22-23H2,1-9H3,(H,42,46)(H,48,49)/p-1/t25-,30-,32-,37?/m0/s1. The van der Waals surface area contributed by atoms with Gasteiger partial charge in [0.05, 0.1) is 30.1 Å². The maximum Gasteiger partial charge on any atom is 0.324 e.